The Bertz CT molecular complexity index is 580. The number of hydrogen-bond donors (Lipinski definition) is 1. The maximum atomic E-state index is 14.8. The van der Waals surface area contributed by atoms with E-state index in [4.69, 9.17) is 11.6 Å². The van der Waals surface area contributed by atoms with Crippen LogP contribution < -0.4 is 5.32 Å². The Kier molecular flexibility index (Phi) is 7.60. The topological polar surface area (TPSA) is 15.3 Å². The van der Waals surface area contributed by atoms with Crippen molar-refractivity contribution in [2.24, 2.45) is 5.92 Å². The molecule has 1 aliphatic carbocycles. The largest absolute Gasteiger partial charge is 0.416 e. The maximum absolute atomic E-state index is 14.8. The zero-order chi connectivity index (χ0) is 18.0. The number of halogens is 6. The highest BCUT2D eigenvalue weighted by Crippen LogP contribution is 2.43. The number of benzene rings is 1. The van der Waals surface area contributed by atoms with Crippen LogP contribution in [0.15, 0.2) is 12.1 Å². The number of hydrogen-bond acceptors (Lipinski definition) is 2. The van der Waals surface area contributed by atoms with E-state index in [9.17, 15) is 17.6 Å². The summed E-state index contributed by atoms with van der Waals surface area (Å²) in [5.74, 6) is -0.537. The second kappa shape index (κ2) is 9.09. The Morgan fingerprint density at radius 3 is 2.27 bits per heavy atom. The average molecular weight is 415 g/mol. The Labute approximate surface area is 162 Å². The Balaban J connectivity index is 0.00000243. The molecule has 0 radical (unpaired) electrons. The van der Waals surface area contributed by atoms with Crippen molar-refractivity contribution >= 4 is 24.0 Å². The molecule has 3 rings (SSSR count). The van der Waals surface area contributed by atoms with Gasteiger partial charge in [0.25, 0.3) is 0 Å². The molecule has 1 N–H and O–H groups in total. The van der Waals surface area contributed by atoms with E-state index in [1.165, 1.54) is 0 Å². The van der Waals surface area contributed by atoms with Crippen molar-refractivity contribution in [1.82, 2.24) is 10.2 Å². The molecule has 8 heteroatoms. The summed E-state index contributed by atoms with van der Waals surface area (Å²) >= 11 is 5.84. The molecule has 1 atom stereocenters. The normalized spacial score (nSPS) is 21.3. The summed E-state index contributed by atoms with van der Waals surface area (Å²) < 4.78 is 54.5. The van der Waals surface area contributed by atoms with Gasteiger partial charge >= 0.3 is 6.18 Å². The molecule has 1 aliphatic heterocycles. The fraction of sp³-hybridized carbons (Fsp3) is 0.667. The van der Waals surface area contributed by atoms with Crippen molar-refractivity contribution in [1.29, 1.82) is 0 Å². The molecule has 0 bridgehead atoms. The standard InChI is InChI=1S/C18H23ClF4N2.ClH/c19-15-11-13(18(21,22)23)10-14(16(15)20)17(12-4-2-1-3-5-12)25-8-6-24-7-9-25;/h10-12,17,24H,1-9H2;1H/t17-;/m0./s1. The summed E-state index contributed by atoms with van der Waals surface area (Å²) in [5.41, 5.74) is -0.765. The van der Waals surface area contributed by atoms with Crippen molar-refractivity contribution in [3.8, 4) is 0 Å². The predicted octanol–water partition coefficient (Wildman–Crippen LogP) is 5.45. The lowest BCUT2D eigenvalue weighted by atomic mass is 9.79. The molecule has 0 spiro atoms. The lowest BCUT2D eigenvalue weighted by molar-refractivity contribution is -0.137. The molecular weight excluding hydrogens is 391 g/mol. The van der Waals surface area contributed by atoms with E-state index in [0.717, 1.165) is 51.3 Å². The molecule has 1 saturated heterocycles. The van der Waals surface area contributed by atoms with Gasteiger partial charge < -0.3 is 5.32 Å². The van der Waals surface area contributed by atoms with Crippen LogP contribution in [0, 0.1) is 11.7 Å². The van der Waals surface area contributed by atoms with E-state index in [1.54, 1.807) is 0 Å². The van der Waals surface area contributed by atoms with Crippen LogP contribution in [0.4, 0.5) is 17.6 Å². The maximum Gasteiger partial charge on any atom is 0.416 e. The van der Waals surface area contributed by atoms with Crippen LogP contribution in [-0.2, 0) is 6.18 Å². The number of nitrogens with zero attached hydrogens (tertiary/aromatic N) is 1. The Hall–Kier alpha value is -0.560. The third-order valence-corrected chi connectivity index (χ3v) is 5.62. The summed E-state index contributed by atoms with van der Waals surface area (Å²) in [6.07, 6.45) is 0.524. The van der Waals surface area contributed by atoms with E-state index in [2.05, 4.69) is 10.2 Å². The van der Waals surface area contributed by atoms with Gasteiger partial charge in [-0.25, -0.2) is 4.39 Å². The van der Waals surface area contributed by atoms with Crippen LogP contribution in [0.3, 0.4) is 0 Å². The second-order valence-corrected chi connectivity index (χ2v) is 7.40. The molecule has 2 aliphatic rings. The van der Waals surface area contributed by atoms with E-state index < -0.39 is 22.6 Å². The molecule has 0 unspecified atom stereocenters. The monoisotopic (exact) mass is 414 g/mol. The van der Waals surface area contributed by atoms with Crippen LogP contribution in [0.1, 0.15) is 49.3 Å². The molecule has 2 fully saturated rings. The van der Waals surface area contributed by atoms with Gasteiger partial charge in [-0.15, -0.1) is 12.4 Å². The Morgan fingerprint density at radius 2 is 1.69 bits per heavy atom. The van der Waals surface area contributed by atoms with Crippen molar-refractivity contribution in [3.63, 3.8) is 0 Å². The number of nitrogens with one attached hydrogen (secondary N) is 1. The van der Waals surface area contributed by atoms with Gasteiger partial charge in [0.1, 0.15) is 5.82 Å². The van der Waals surface area contributed by atoms with Crippen LogP contribution in [0.5, 0.6) is 0 Å². The van der Waals surface area contributed by atoms with Gasteiger partial charge in [0.2, 0.25) is 0 Å². The third kappa shape index (κ3) is 4.83. The molecule has 148 valence electrons. The van der Waals surface area contributed by atoms with Gasteiger partial charge in [-0.05, 0) is 30.9 Å². The van der Waals surface area contributed by atoms with Gasteiger partial charge in [0.05, 0.1) is 10.6 Å². The molecule has 1 aromatic carbocycles. The van der Waals surface area contributed by atoms with Crippen LogP contribution in [-0.4, -0.2) is 31.1 Å². The quantitative estimate of drug-likeness (QED) is 0.661. The van der Waals surface area contributed by atoms with E-state index in [-0.39, 0.29) is 29.9 Å². The zero-order valence-electron chi connectivity index (χ0n) is 14.4. The van der Waals surface area contributed by atoms with Crippen LogP contribution in [0.25, 0.3) is 0 Å². The molecule has 1 heterocycles. The predicted molar refractivity (Wildman–Crippen MR) is 97.4 cm³/mol. The molecule has 2 nitrogen and oxygen atoms in total. The highest BCUT2D eigenvalue weighted by Gasteiger charge is 2.37. The van der Waals surface area contributed by atoms with Crippen molar-refractivity contribution in [2.75, 3.05) is 26.2 Å². The lowest BCUT2D eigenvalue weighted by Crippen LogP contribution is -2.47. The van der Waals surface area contributed by atoms with Gasteiger partial charge in [0.15, 0.2) is 0 Å². The van der Waals surface area contributed by atoms with Crippen molar-refractivity contribution in [2.45, 2.75) is 44.3 Å². The first-order valence-electron chi connectivity index (χ1n) is 8.89. The first-order chi connectivity index (χ1) is 11.9. The highest BCUT2D eigenvalue weighted by molar-refractivity contribution is 6.30. The summed E-state index contributed by atoms with van der Waals surface area (Å²) in [7, 11) is 0. The molecule has 1 aromatic rings. The SMILES string of the molecule is Cl.Fc1c(Cl)cc(C(F)(F)F)cc1[C@H](C1CCCCC1)N1CCNCC1. The fourth-order valence-corrected chi connectivity index (χ4v) is 4.37. The zero-order valence-corrected chi connectivity index (χ0v) is 16.0. The minimum atomic E-state index is -4.54. The molecule has 0 amide bonds. The number of piperazine rings is 1. The van der Waals surface area contributed by atoms with Gasteiger partial charge in [-0.2, -0.15) is 13.2 Å². The minimum absolute atomic E-state index is 0. The highest BCUT2D eigenvalue weighted by atomic mass is 35.5. The van der Waals surface area contributed by atoms with Crippen molar-refractivity contribution in [3.05, 3.63) is 34.1 Å². The smallest absolute Gasteiger partial charge is 0.314 e. The fourth-order valence-electron chi connectivity index (χ4n) is 4.15. The minimum Gasteiger partial charge on any atom is -0.314 e. The van der Waals surface area contributed by atoms with Gasteiger partial charge in [-0.1, -0.05) is 30.9 Å². The number of alkyl halides is 3. The van der Waals surface area contributed by atoms with E-state index in [0.29, 0.717) is 19.2 Å². The summed E-state index contributed by atoms with van der Waals surface area (Å²) in [5, 5.41) is 2.80. The van der Waals surface area contributed by atoms with Crippen LogP contribution >= 0.6 is 24.0 Å². The molecule has 1 saturated carbocycles. The van der Waals surface area contributed by atoms with E-state index >= 15 is 0 Å². The van der Waals surface area contributed by atoms with Gasteiger partial charge in [0, 0.05) is 37.8 Å². The molecular formula is C18H24Cl2F4N2. The summed E-state index contributed by atoms with van der Waals surface area (Å²) in [6.45, 7) is 2.93. The lowest BCUT2D eigenvalue weighted by Gasteiger charge is -2.41. The average Bonchev–Trinajstić information content (AvgIpc) is 2.60. The van der Waals surface area contributed by atoms with Crippen molar-refractivity contribution < 1.29 is 17.6 Å². The van der Waals surface area contributed by atoms with Gasteiger partial charge in [-0.3, -0.25) is 4.90 Å². The number of rotatable bonds is 3. The third-order valence-electron chi connectivity index (χ3n) is 5.34. The summed E-state index contributed by atoms with van der Waals surface area (Å²) in [6, 6.07) is 1.32. The molecule has 0 aromatic heterocycles. The Morgan fingerprint density at radius 1 is 1.08 bits per heavy atom. The molecule has 26 heavy (non-hydrogen) atoms. The first-order valence-corrected chi connectivity index (χ1v) is 9.26. The summed E-state index contributed by atoms with van der Waals surface area (Å²) in [4.78, 5) is 2.13. The first kappa shape index (κ1) is 21.7. The van der Waals surface area contributed by atoms with E-state index in [1.807, 2.05) is 0 Å². The van der Waals surface area contributed by atoms with Crippen LogP contribution in [0.2, 0.25) is 5.02 Å². The second-order valence-electron chi connectivity index (χ2n) is 6.99.